The second-order valence-electron chi connectivity index (χ2n) is 6.43. The number of tetrazole rings is 1. The zero-order chi connectivity index (χ0) is 20.1. The van der Waals surface area contributed by atoms with Crippen molar-refractivity contribution in [1.29, 1.82) is 0 Å². The van der Waals surface area contributed by atoms with Crippen LogP contribution in [0, 0.1) is 0 Å². The summed E-state index contributed by atoms with van der Waals surface area (Å²) in [6, 6.07) is 18.8. The first-order valence-corrected chi connectivity index (χ1v) is 9.35. The van der Waals surface area contributed by atoms with E-state index in [9.17, 15) is 4.79 Å². The number of amides is 1. The van der Waals surface area contributed by atoms with Crippen LogP contribution in [0.25, 0.3) is 11.4 Å². The average molecular weight is 405 g/mol. The summed E-state index contributed by atoms with van der Waals surface area (Å²) in [7, 11) is 0. The molecule has 0 bridgehead atoms. The molecular formula is C21H17ClN6O. The Balaban J connectivity index is 1.34. The molecule has 0 fully saturated rings. The van der Waals surface area contributed by atoms with Crippen molar-refractivity contribution < 1.29 is 4.79 Å². The minimum atomic E-state index is -0.230. The predicted molar refractivity (Wildman–Crippen MR) is 110 cm³/mol. The first kappa shape index (κ1) is 18.8. The zero-order valence-corrected chi connectivity index (χ0v) is 16.1. The summed E-state index contributed by atoms with van der Waals surface area (Å²) in [4.78, 5) is 17.6. The van der Waals surface area contributed by atoms with E-state index in [1.807, 2.05) is 36.4 Å². The molecule has 7 nitrogen and oxygen atoms in total. The number of carbonyl (C=O) groups excluding carboxylic acids is 1. The van der Waals surface area contributed by atoms with Crippen LogP contribution < -0.4 is 5.32 Å². The highest BCUT2D eigenvalue weighted by Crippen LogP contribution is 2.17. The molecule has 0 spiro atoms. The van der Waals surface area contributed by atoms with Crippen LogP contribution in [0.3, 0.4) is 0 Å². The van der Waals surface area contributed by atoms with Gasteiger partial charge in [0, 0.05) is 28.7 Å². The first-order valence-electron chi connectivity index (χ1n) is 8.97. The number of hydrogen-bond donors (Lipinski definition) is 1. The van der Waals surface area contributed by atoms with Gasteiger partial charge >= 0.3 is 0 Å². The molecule has 4 aromatic rings. The molecule has 4 rings (SSSR count). The van der Waals surface area contributed by atoms with Crippen molar-refractivity contribution in [2.24, 2.45) is 0 Å². The number of carbonyl (C=O) groups is 1. The second-order valence-corrected chi connectivity index (χ2v) is 6.86. The topological polar surface area (TPSA) is 85.6 Å². The van der Waals surface area contributed by atoms with E-state index in [-0.39, 0.29) is 12.5 Å². The molecule has 0 radical (unpaired) electrons. The fraction of sp³-hybridized carbons (Fsp3) is 0.0952. The third kappa shape index (κ3) is 5.03. The Morgan fingerprint density at radius 1 is 0.931 bits per heavy atom. The summed E-state index contributed by atoms with van der Waals surface area (Å²) in [5.41, 5.74) is 3.84. The third-order valence-electron chi connectivity index (χ3n) is 4.24. The van der Waals surface area contributed by atoms with E-state index >= 15 is 0 Å². The van der Waals surface area contributed by atoms with Gasteiger partial charge in [0.2, 0.25) is 11.7 Å². The molecule has 29 heavy (non-hydrogen) atoms. The van der Waals surface area contributed by atoms with Crippen molar-refractivity contribution in [2.75, 3.05) is 5.32 Å². The molecule has 0 aliphatic heterocycles. The average Bonchev–Trinajstić information content (AvgIpc) is 3.19. The van der Waals surface area contributed by atoms with E-state index in [4.69, 9.17) is 11.6 Å². The molecule has 0 aliphatic carbocycles. The summed E-state index contributed by atoms with van der Waals surface area (Å²) in [5, 5.41) is 15.6. The van der Waals surface area contributed by atoms with Crippen molar-refractivity contribution in [2.45, 2.75) is 13.0 Å². The minimum absolute atomic E-state index is 0.0284. The van der Waals surface area contributed by atoms with Crippen LogP contribution in [0.15, 0.2) is 73.1 Å². The summed E-state index contributed by atoms with van der Waals surface area (Å²) in [5.74, 6) is 0.210. The van der Waals surface area contributed by atoms with Crippen LogP contribution in [-0.4, -0.2) is 31.1 Å². The van der Waals surface area contributed by atoms with Crippen LogP contribution >= 0.6 is 11.6 Å². The number of halogens is 1. The van der Waals surface area contributed by atoms with Gasteiger partial charge in [-0.05, 0) is 71.3 Å². The highest BCUT2D eigenvalue weighted by Gasteiger charge is 2.10. The summed E-state index contributed by atoms with van der Waals surface area (Å²) < 4.78 is 0. The van der Waals surface area contributed by atoms with Crippen molar-refractivity contribution in [1.82, 2.24) is 25.2 Å². The molecule has 144 valence electrons. The SMILES string of the molecule is O=C(Cn1nnc(-c2ccc(Cl)cc2)n1)Nc1ccc(Cc2ccncc2)cc1. The number of nitrogens with zero attached hydrogens (tertiary/aromatic N) is 5. The molecule has 2 heterocycles. The van der Waals surface area contributed by atoms with Gasteiger partial charge in [-0.3, -0.25) is 9.78 Å². The lowest BCUT2D eigenvalue weighted by Crippen LogP contribution is -2.20. The smallest absolute Gasteiger partial charge is 0.248 e. The molecule has 0 unspecified atom stereocenters. The number of rotatable bonds is 6. The number of aromatic nitrogens is 5. The van der Waals surface area contributed by atoms with Crippen LogP contribution in [0.5, 0.6) is 0 Å². The number of benzene rings is 2. The quantitative estimate of drug-likeness (QED) is 0.530. The lowest BCUT2D eigenvalue weighted by molar-refractivity contribution is -0.117. The Bertz CT molecular complexity index is 1090. The van der Waals surface area contributed by atoms with Crippen LogP contribution in [0.2, 0.25) is 5.02 Å². The summed E-state index contributed by atoms with van der Waals surface area (Å²) in [6.45, 7) is -0.0284. The van der Waals surface area contributed by atoms with Gasteiger partial charge in [-0.15, -0.1) is 10.2 Å². The van der Waals surface area contributed by atoms with Gasteiger partial charge in [-0.2, -0.15) is 4.80 Å². The standard InChI is InChI=1S/C21H17ClN6O/c22-18-5-3-17(4-6-18)21-25-27-28(26-21)14-20(29)24-19-7-1-15(2-8-19)13-16-9-11-23-12-10-16/h1-12H,13-14H2,(H,24,29). The summed E-state index contributed by atoms with van der Waals surface area (Å²) >= 11 is 5.88. The maximum absolute atomic E-state index is 12.3. The van der Waals surface area contributed by atoms with Gasteiger partial charge in [0.25, 0.3) is 0 Å². The van der Waals surface area contributed by atoms with E-state index in [1.54, 1.807) is 36.7 Å². The minimum Gasteiger partial charge on any atom is -0.324 e. The fourth-order valence-electron chi connectivity index (χ4n) is 2.80. The molecule has 2 aromatic carbocycles. The van der Waals surface area contributed by atoms with E-state index in [0.717, 1.165) is 17.5 Å². The molecule has 0 saturated carbocycles. The Hall–Kier alpha value is -3.58. The van der Waals surface area contributed by atoms with Crippen LogP contribution in [0.1, 0.15) is 11.1 Å². The molecule has 8 heteroatoms. The van der Waals surface area contributed by atoms with E-state index in [1.165, 1.54) is 10.4 Å². The van der Waals surface area contributed by atoms with Gasteiger partial charge in [0.15, 0.2) is 0 Å². The normalized spacial score (nSPS) is 10.7. The van der Waals surface area contributed by atoms with Gasteiger partial charge in [0.1, 0.15) is 6.54 Å². The molecule has 1 N–H and O–H groups in total. The molecule has 1 amide bonds. The number of nitrogens with one attached hydrogen (secondary N) is 1. The lowest BCUT2D eigenvalue weighted by atomic mass is 10.1. The largest absolute Gasteiger partial charge is 0.324 e. The van der Waals surface area contributed by atoms with Crippen molar-refractivity contribution in [3.05, 3.63) is 89.2 Å². The third-order valence-corrected chi connectivity index (χ3v) is 4.49. The van der Waals surface area contributed by atoms with E-state index in [0.29, 0.717) is 16.5 Å². The predicted octanol–water partition coefficient (Wildman–Crippen LogP) is 3.62. The number of hydrogen-bond acceptors (Lipinski definition) is 5. The Morgan fingerprint density at radius 2 is 1.62 bits per heavy atom. The number of anilines is 1. The summed E-state index contributed by atoms with van der Waals surface area (Å²) in [6.07, 6.45) is 4.37. The highest BCUT2D eigenvalue weighted by molar-refractivity contribution is 6.30. The van der Waals surface area contributed by atoms with Crippen LogP contribution in [-0.2, 0) is 17.8 Å². The monoisotopic (exact) mass is 404 g/mol. The highest BCUT2D eigenvalue weighted by atomic mass is 35.5. The van der Waals surface area contributed by atoms with Crippen molar-refractivity contribution in [3.8, 4) is 11.4 Å². The van der Waals surface area contributed by atoms with Gasteiger partial charge in [-0.25, -0.2) is 0 Å². The van der Waals surface area contributed by atoms with Gasteiger partial charge in [0.05, 0.1) is 0 Å². The Labute approximate surface area is 172 Å². The Kier molecular flexibility index (Phi) is 5.58. The van der Waals surface area contributed by atoms with E-state index in [2.05, 4.69) is 25.7 Å². The van der Waals surface area contributed by atoms with E-state index < -0.39 is 0 Å². The maximum Gasteiger partial charge on any atom is 0.248 e. The first-order chi connectivity index (χ1) is 14.2. The fourth-order valence-corrected chi connectivity index (χ4v) is 2.92. The number of pyridine rings is 1. The van der Waals surface area contributed by atoms with Crippen molar-refractivity contribution in [3.63, 3.8) is 0 Å². The molecule has 0 saturated heterocycles. The Morgan fingerprint density at radius 3 is 2.34 bits per heavy atom. The van der Waals surface area contributed by atoms with Gasteiger partial charge in [-0.1, -0.05) is 23.7 Å². The van der Waals surface area contributed by atoms with Crippen molar-refractivity contribution >= 4 is 23.2 Å². The molecule has 2 aromatic heterocycles. The second kappa shape index (κ2) is 8.62. The molecule has 0 aliphatic rings. The maximum atomic E-state index is 12.3. The van der Waals surface area contributed by atoms with Gasteiger partial charge < -0.3 is 5.32 Å². The molecule has 0 atom stereocenters. The van der Waals surface area contributed by atoms with Crippen LogP contribution in [0.4, 0.5) is 5.69 Å². The lowest BCUT2D eigenvalue weighted by Gasteiger charge is -2.06. The molecular weight excluding hydrogens is 388 g/mol. The zero-order valence-electron chi connectivity index (χ0n) is 15.4.